The summed E-state index contributed by atoms with van der Waals surface area (Å²) in [7, 11) is 6.37. The number of methoxy groups -OCH3 is 4. The Bertz CT molecular complexity index is 2110. The highest BCUT2D eigenvalue weighted by Crippen LogP contribution is 2.38. The number of piperidine rings is 1. The van der Waals surface area contributed by atoms with Crippen LogP contribution in [-0.2, 0) is 63.7 Å². The average molecular weight is 1040 g/mol. The van der Waals surface area contributed by atoms with E-state index in [4.69, 9.17) is 33.2 Å². The van der Waals surface area contributed by atoms with Gasteiger partial charge in [-0.15, -0.1) is 10.2 Å². The number of esters is 1. The maximum absolute atomic E-state index is 14.6. The van der Waals surface area contributed by atoms with Gasteiger partial charge >= 0.3 is 5.97 Å². The Kier molecular flexibility index (Phi) is 24.0. The van der Waals surface area contributed by atoms with Gasteiger partial charge in [-0.05, 0) is 113 Å². The molecule has 1 aromatic heterocycles. The molecule has 2 saturated heterocycles. The van der Waals surface area contributed by atoms with Gasteiger partial charge < -0.3 is 47.7 Å². The molecule has 15 atom stereocenters. The van der Waals surface area contributed by atoms with E-state index in [2.05, 4.69) is 17.1 Å². The molecule has 4 aliphatic rings. The molecule has 0 aromatic carbocycles. The number of ketones is 3. The summed E-state index contributed by atoms with van der Waals surface area (Å²) >= 11 is 0. The standard InChI is InChI=1S/C57H88N4O13/c1-36-18-13-12-14-19-37(2)48(72-27-17-25-60-34-58-59-35-60)32-44-23-21-42(7)57(67,74-44)54(64)55(65)61-26-16-15-20-45(61)56(66)73-49(39(4)30-43-22-24-47(68-8)50(31-43)69-9)33-46(62)38(3)29-41(6)52(70-10)53(71-11)51(63)40(5)28-36/h12-14,18-19,29,34-36,38-40,42-45,47-50,52-53,67H,15-17,20-28,30-33H2,1-11H3/b14-12+,18-13+,37-19+,41-29+/t36-,38-,39-,40-,42-,43+,44+,45+,47-,48?,49+,50-,52-,53+,57-/m1/s1. The number of amides is 1. The number of hydrogen-bond donors (Lipinski definition) is 1. The summed E-state index contributed by atoms with van der Waals surface area (Å²) in [5.74, 6) is -7.40. The molecular formula is C57H88N4O13. The molecule has 0 radical (unpaired) electrons. The lowest BCUT2D eigenvalue weighted by molar-refractivity contribution is -0.266. The summed E-state index contributed by atoms with van der Waals surface area (Å²) in [5.41, 5.74) is 1.54. The van der Waals surface area contributed by atoms with E-state index in [1.807, 2.05) is 62.6 Å². The second kappa shape index (κ2) is 29.3. The van der Waals surface area contributed by atoms with E-state index in [0.717, 1.165) is 24.8 Å². The van der Waals surface area contributed by atoms with Crippen LogP contribution in [0.1, 0.15) is 132 Å². The average Bonchev–Trinajstić information content (AvgIpc) is 3.92. The molecule has 4 heterocycles. The van der Waals surface area contributed by atoms with E-state index in [9.17, 15) is 29.1 Å². The molecule has 1 amide bonds. The third-order valence-corrected chi connectivity index (χ3v) is 16.0. The molecule has 3 fully saturated rings. The van der Waals surface area contributed by atoms with Crippen LogP contribution in [0.2, 0.25) is 0 Å². The van der Waals surface area contributed by atoms with Crippen LogP contribution in [0.25, 0.3) is 0 Å². The van der Waals surface area contributed by atoms with E-state index in [0.29, 0.717) is 70.1 Å². The second-order valence-corrected chi connectivity index (χ2v) is 21.7. The molecule has 1 aromatic rings. The summed E-state index contributed by atoms with van der Waals surface area (Å²) < 4.78 is 44.3. The molecule has 17 heteroatoms. The van der Waals surface area contributed by atoms with Crippen LogP contribution < -0.4 is 0 Å². The van der Waals surface area contributed by atoms with Crippen molar-refractivity contribution >= 4 is 29.2 Å². The zero-order chi connectivity index (χ0) is 54.1. The minimum absolute atomic E-state index is 0.0318. The highest BCUT2D eigenvalue weighted by Gasteiger charge is 2.53. The fourth-order valence-electron chi connectivity index (χ4n) is 11.4. The summed E-state index contributed by atoms with van der Waals surface area (Å²) in [5, 5.41) is 20.0. The molecule has 0 spiro atoms. The van der Waals surface area contributed by atoms with Crippen molar-refractivity contribution in [3.63, 3.8) is 0 Å². The Hall–Kier alpha value is -4.23. The van der Waals surface area contributed by atoms with Gasteiger partial charge in [0.15, 0.2) is 5.78 Å². The molecule has 3 aliphatic heterocycles. The van der Waals surface area contributed by atoms with Crippen molar-refractivity contribution in [2.24, 2.45) is 35.5 Å². The Balaban J connectivity index is 1.48. The fraction of sp³-hybridized carbons (Fsp3) is 0.737. The topological polar surface area (TPSA) is 204 Å². The maximum atomic E-state index is 14.6. The monoisotopic (exact) mass is 1040 g/mol. The van der Waals surface area contributed by atoms with Crippen molar-refractivity contribution in [3.8, 4) is 0 Å². The Morgan fingerprint density at radius 1 is 0.811 bits per heavy atom. The minimum atomic E-state index is -2.45. The molecule has 1 unspecified atom stereocenters. The molecule has 1 saturated carbocycles. The Morgan fingerprint density at radius 2 is 1.53 bits per heavy atom. The fourth-order valence-corrected chi connectivity index (χ4v) is 11.4. The first-order chi connectivity index (χ1) is 35.3. The van der Waals surface area contributed by atoms with Gasteiger partial charge in [-0.2, -0.15) is 0 Å². The highest BCUT2D eigenvalue weighted by atomic mass is 16.6. The largest absolute Gasteiger partial charge is 0.460 e. The first-order valence-corrected chi connectivity index (χ1v) is 27.1. The maximum Gasteiger partial charge on any atom is 0.329 e. The Labute approximate surface area is 440 Å². The van der Waals surface area contributed by atoms with Crippen molar-refractivity contribution < 1.29 is 62.2 Å². The number of allylic oxidation sites excluding steroid dienone is 6. The highest BCUT2D eigenvalue weighted by molar-refractivity contribution is 6.39. The SMILES string of the molecule is CO[C@@H]1/C(C)=C/[C@@H](C)C(=O)C[C@@H]([C@H](C)C[C@@H]2CC[C@@H](OC)[C@H](OC)C2)OC(=O)[C@@H]2CCCCN2C(=O)C(=O)[C@]2(O)O[C@@H](CC[C@H]2C)CC(OCCCn2cnnc2)/C(C)=C/C=C/C=C/[C@@H](C)C[C@@H](C)C(=O)[C@@H]1OC. The van der Waals surface area contributed by atoms with Crippen molar-refractivity contribution in [1.82, 2.24) is 19.7 Å². The number of fused-ring (bicyclic) bond motifs is 3. The lowest BCUT2D eigenvalue weighted by atomic mass is 9.78. The molecule has 1 aliphatic carbocycles. The summed E-state index contributed by atoms with van der Waals surface area (Å²) in [4.78, 5) is 73.3. The number of ether oxygens (including phenoxy) is 7. The normalized spacial score (nSPS) is 36.9. The first-order valence-electron chi connectivity index (χ1n) is 27.1. The van der Waals surface area contributed by atoms with Gasteiger partial charge in [0.05, 0.1) is 24.4 Å². The van der Waals surface area contributed by atoms with Crippen LogP contribution in [0.15, 0.2) is 60.3 Å². The minimum Gasteiger partial charge on any atom is -0.460 e. The lowest BCUT2D eigenvalue weighted by Crippen LogP contribution is -2.61. The molecule has 17 nitrogen and oxygen atoms in total. The molecule has 414 valence electrons. The van der Waals surface area contributed by atoms with Crippen LogP contribution in [-0.4, -0.2) is 150 Å². The first kappa shape index (κ1) is 60.6. The predicted molar refractivity (Wildman–Crippen MR) is 278 cm³/mol. The van der Waals surface area contributed by atoms with Gasteiger partial charge in [-0.1, -0.05) is 71.1 Å². The Morgan fingerprint density at radius 3 is 2.22 bits per heavy atom. The number of aromatic nitrogens is 3. The van der Waals surface area contributed by atoms with Crippen molar-refractivity contribution in [2.45, 2.75) is 193 Å². The number of Topliss-reactive ketones (excluding diaryl/α,β-unsaturated/α-hetero) is 3. The molecule has 1 N–H and O–H groups in total. The summed E-state index contributed by atoms with van der Waals surface area (Å²) in [6.45, 7) is 14.3. The van der Waals surface area contributed by atoms with Crippen LogP contribution in [0.4, 0.5) is 0 Å². The van der Waals surface area contributed by atoms with Crippen LogP contribution in [0, 0.1) is 35.5 Å². The van der Waals surface area contributed by atoms with Gasteiger partial charge in [0.2, 0.25) is 5.79 Å². The molecule has 2 bridgehead atoms. The van der Waals surface area contributed by atoms with E-state index in [-0.39, 0.29) is 66.8 Å². The van der Waals surface area contributed by atoms with Crippen LogP contribution in [0.3, 0.4) is 0 Å². The number of nitrogens with zero attached hydrogens (tertiary/aromatic N) is 4. The van der Waals surface area contributed by atoms with Crippen LogP contribution in [0.5, 0.6) is 0 Å². The quantitative estimate of drug-likeness (QED) is 0.0930. The van der Waals surface area contributed by atoms with Crippen molar-refractivity contribution in [3.05, 3.63) is 60.3 Å². The van der Waals surface area contributed by atoms with Gasteiger partial charge in [0, 0.05) is 78.7 Å². The molecule has 5 rings (SSSR count). The second-order valence-electron chi connectivity index (χ2n) is 21.7. The summed E-state index contributed by atoms with van der Waals surface area (Å²) in [6.07, 6.45) is 17.8. The third kappa shape index (κ3) is 16.4. The number of carbonyl (C=O) groups excluding carboxylic acids is 5. The third-order valence-electron chi connectivity index (χ3n) is 16.0. The number of hydrogen-bond acceptors (Lipinski definition) is 15. The van der Waals surface area contributed by atoms with Gasteiger partial charge in [-0.3, -0.25) is 19.2 Å². The van der Waals surface area contributed by atoms with E-state index in [1.165, 1.54) is 19.1 Å². The predicted octanol–water partition coefficient (Wildman–Crippen LogP) is 7.54. The number of rotatable bonds is 12. The number of cyclic esters (lactones) is 1. The van der Waals surface area contributed by atoms with Gasteiger partial charge in [-0.25, -0.2) is 4.79 Å². The van der Waals surface area contributed by atoms with Crippen LogP contribution >= 0.6 is 0 Å². The number of aryl methyl sites for hydroxylation is 1. The lowest BCUT2D eigenvalue weighted by Gasteiger charge is -2.43. The number of carbonyl (C=O) groups is 5. The van der Waals surface area contributed by atoms with Gasteiger partial charge in [0.1, 0.15) is 42.8 Å². The number of aliphatic hydroxyl groups is 1. The van der Waals surface area contributed by atoms with Gasteiger partial charge in [0.25, 0.3) is 11.7 Å². The van der Waals surface area contributed by atoms with Crippen molar-refractivity contribution in [1.29, 1.82) is 0 Å². The van der Waals surface area contributed by atoms with E-state index in [1.54, 1.807) is 46.8 Å². The van der Waals surface area contributed by atoms with Crippen molar-refractivity contribution in [2.75, 3.05) is 41.6 Å². The zero-order valence-corrected chi connectivity index (χ0v) is 46.2. The zero-order valence-electron chi connectivity index (χ0n) is 46.2. The molecule has 74 heavy (non-hydrogen) atoms. The molecular weight excluding hydrogens is 949 g/mol. The van der Waals surface area contributed by atoms with E-state index < -0.39 is 71.8 Å². The van der Waals surface area contributed by atoms with E-state index >= 15 is 0 Å². The summed E-state index contributed by atoms with van der Waals surface area (Å²) in [6, 6.07) is -1.13. The smallest absolute Gasteiger partial charge is 0.329 e.